The molecule has 0 rings (SSSR count). The molecule has 0 aliphatic rings. The average Bonchev–Trinajstić information content (AvgIpc) is 3.22. The summed E-state index contributed by atoms with van der Waals surface area (Å²) in [5, 5.41) is 23.1. The highest BCUT2D eigenvalue weighted by Crippen LogP contribution is 2.16. The van der Waals surface area contributed by atoms with Crippen LogP contribution in [0.2, 0.25) is 0 Å². The second kappa shape index (κ2) is 48.3. The Morgan fingerprint density at radius 2 is 0.793 bits per heavy atom. The van der Waals surface area contributed by atoms with Crippen LogP contribution in [0.15, 0.2) is 12.2 Å². The van der Waals surface area contributed by atoms with Gasteiger partial charge in [0.05, 0.1) is 25.4 Å². The topological polar surface area (TPSA) is 95.9 Å². The molecule has 0 aliphatic carbocycles. The Bertz CT molecular complexity index is 863. The predicted molar refractivity (Wildman–Crippen MR) is 250 cm³/mol. The number of ether oxygens (including phenoxy) is 1. The molecule has 2 unspecified atom stereocenters. The van der Waals surface area contributed by atoms with Crippen molar-refractivity contribution < 1.29 is 24.5 Å². The Balaban J connectivity index is 3.50. The molecule has 0 heterocycles. The molecular formula is C52H101NO5. The summed E-state index contributed by atoms with van der Waals surface area (Å²) in [6, 6.07) is -0.638. The molecular weight excluding hydrogens is 719 g/mol. The molecule has 58 heavy (non-hydrogen) atoms. The standard InChI is InChI=1S/C52H101NO5/c1-3-5-7-9-11-13-15-17-18-19-20-21-24-28-32-36-40-44-50(55)49(48-54)53-51(56)45-41-37-33-29-25-22-23-27-31-35-39-43-47-58-52(57)46-42-38-34-30-26-16-14-12-10-8-6-4-2/h40,44,49-50,54-55H,3-39,41-43,45-48H2,1-2H3,(H,53,56)/b44-40+. The molecule has 6 heteroatoms. The number of carbonyl (C=O) groups excluding carboxylic acids is 2. The van der Waals surface area contributed by atoms with E-state index < -0.39 is 12.1 Å². The number of aliphatic hydroxyl groups is 2. The van der Waals surface area contributed by atoms with Crippen LogP contribution in [0.5, 0.6) is 0 Å². The van der Waals surface area contributed by atoms with Crippen molar-refractivity contribution in [3.8, 4) is 0 Å². The third kappa shape index (κ3) is 44.2. The van der Waals surface area contributed by atoms with Crippen molar-refractivity contribution in [1.82, 2.24) is 5.32 Å². The molecule has 0 aromatic heterocycles. The second-order valence-electron chi connectivity index (χ2n) is 17.9. The van der Waals surface area contributed by atoms with E-state index in [9.17, 15) is 19.8 Å². The molecule has 3 N–H and O–H groups in total. The van der Waals surface area contributed by atoms with Gasteiger partial charge in [0.2, 0.25) is 5.91 Å². The summed E-state index contributed by atoms with van der Waals surface area (Å²) >= 11 is 0. The Morgan fingerprint density at radius 1 is 0.466 bits per heavy atom. The van der Waals surface area contributed by atoms with E-state index in [4.69, 9.17) is 4.74 Å². The van der Waals surface area contributed by atoms with Gasteiger partial charge in [0.15, 0.2) is 0 Å². The van der Waals surface area contributed by atoms with E-state index in [1.807, 2.05) is 6.08 Å². The van der Waals surface area contributed by atoms with Gasteiger partial charge >= 0.3 is 5.97 Å². The smallest absolute Gasteiger partial charge is 0.305 e. The zero-order valence-corrected chi connectivity index (χ0v) is 39.0. The highest BCUT2D eigenvalue weighted by molar-refractivity contribution is 5.76. The molecule has 0 aliphatic heterocycles. The van der Waals surface area contributed by atoms with Crippen molar-refractivity contribution in [2.45, 2.75) is 296 Å². The van der Waals surface area contributed by atoms with Crippen molar-refractivity contribution in [2.24, 2.45) is 0 Å². The van der Waals surface area contributed by atoms with Gasteiger partial charge in [-0.2, -0.15) is 0 Å². The molecule has 0 radical (unpaired) electrons. The first-order valence-electron chi connectivity index (χ1n) is 26.0. The largest absolute Gasteiger partial charge is 0.466 e. The maximum Gasteiger partial charge on any atom is 0.305 e. The summed E-state index contributed by atoms with van der Waals surface area (Å²) in [7, 11) is 0. The van der Waals surface area contributed by atoms with Gasteiger partial charge in [0.25, 0.3) is 0 Å². The van der Waals surface area contributed by atoms with Crippen LogP contribution >= 0.6 is 0 Å². The van der Waals surface area contributed by atoms with Crippen molar-refractivity contribution in [2.75, 3.05) is 13.2 Å². The van der Waals surface area contributed by atoms with Crippen LogP contribution in [0.3, 0.4) is 0 Å². The maximum atomic E-state index is 12.4. The van der Waals surface area contributed by atoms with Gasteiger partial charge in [-0.1, -0.05) is 251 Å². The van der Waals surface area contributed by atoms with Crippen LogP contribution in [0.1, 0.15) is 284 Å². The first-order valence-corrected chi connectivity index (χ1v) is 26.0. The number of aliphatic hydroxyl groups excluding tert-OH is 2. The second-order valence-corrected chi connectivity index (χ2v) is 17.9. The quantitative estimate of drug-likeness (QED) is 0.0323. The third-order valence-electron chi connectivity index (χ3n) is 12.1. The van der Waals surface area contributed by atoms with Crippen LogP contribution in [0, 0.1) is 0 Å². The van der Waals surface area contributed by atoms with Gasteiger partial charge in [-0.05, 0) is 32.1 Å². The van der Waals surface area contributed by atoms with Crippen LogP contribution in [-0.4, -0.2) is 47.4 Å². The minimum Gasteiger partial charge on any atom is -0.466 e. The number of esters is 1. The molecule has 0 saturated heterocycles. The number of hydrogen-bond donors (Lipinski definition) is 3. The zero-order valence-electron chi connectivity index (χ0n) is 39.0. The summed E-state index contributed by atoms with van der Waals surface area (Å²) < 4.78 is 5.45. The first-order chi connectivity index (χ1) is 28.5. The van der Waals surface area contributed by atoms with Crippen LogP contribution in [-0.2, 0) is 14.3 Å². The summed E-state index contributed by atoms with van der Waals surface area (Å²) in [5.74, 6) is -0.0914. The van der Waals surface area contributed by atoms with Crippen LogP contribution in [0.25, 0.3) is 0 Å². The average molecular weight is 820 g/mol. The number of amides is 1. The van der Waals surface area contributed by atoms with Crippen molar-refractivity contribution in [3.05, 3.63) is 12.2 Å². The number of unbranched alkanes of at least 4 members (excludes halogenated alkanes) is 37. The van der Waals surface area contributed by atoms with E-state index >= 15 is 0 Å². The number of rotatable bonds is 48. The molecule has 2 atom stereocenters. The maximum absolute atomic E-state index is 12.4. The lowest BCUT2D eigenvalue weighted by atomic mass is 10.0. The number of nitrogens with one attached hydrogen (secondary N) is 1. The molecule has 0 aromatic rings. The van der Waals surface area contributed by atoms with Crippen molar-refractivity contribution in [3.63, 3.8) is 0 Å². The minimum absolute atomic E-state index is 0.00986. The van der Waals surface area contributed by atoms with Crippen LogP contribution in [0.4, 0.5) is 0 Å². The number of allylic oxidation sites excluding steroid dienone is 1. The fourth-order valence-corrected chi connectivity index (χ4v) is 8.05. The summed E-state index contributed by atoms with van der Waals surface area (Å²) in [4.78, 5) is 24.4. The summed E-state index contributed by atoms with van der Waals surface area (Å²) in [6.45, 7) is 4.88. The van der Waals surface area contributed by atoms with Crippen LogP contribution < -0.4 is 5.32 Å². The fraction of sp³-hybridized carbons (Fsp3) is 0.923. The molecule has 6 nitrogen and oxygen atoms in total. The van der Waals surface area contributed by atoms with E-state index in [1.54, 1.807) is 6.08 Å². The fourth-order valence-electron chi connectivity index (χ4n) is 8.05. The lowest BCUT2D eigenvalue weighted by molar-refractivity contribution is -0.143. The van der Waals surface area contributed by atoms with Gasteiger partial charge in [-0.15, -0.1) is 0 Å². The summed E-state index contributed by atoms with van der Waals surface area (Å²) in [5.41, 5.74) is 0. The van der Waals surface area contributed by atoms with E-state index in [1.165, 1.54) is 199 Å². The van der Waals surface area contributed by atoms with Gasteiger partial charge in [0, 0.05) is 12.8 Å². The molecule has 344 valence electrons. The highest BCUT2D eigenvalue weighted by Gasteiger charge is 2.18. The summed E-state index contributed by atoms with van der Waals surface area (Å²) in [6.07, 6.45) is 54.9. The number of carbonyl (C=O) groups is 2. The Hall–Kier alpha value is -1.40. The third-order valence-corrected chi connectivity index (χ3v) is 12.1. The monoisotopic (exact) mass is 820 g/mol. The van der Waals surface area contributed by atoms with E-state index in [0.29, 0.717) is 19.4 Å². The molecule has 0 fully saturated rings. The zero-order chi connectivity index (χ0) is 42.3. The minimum atomic E-state index is -0.853. The molecule has 0 spiro atoms. The van der Waals surface area contributed by atoms with Crippen molar-refractivity contribution >= 4 is 11.9 Å². The lowest BCUT2D eigenvalue weighted by Crippen LogP contribution is -2.45. The normalized spacial score (nSPS) is 12.7. The Kier molecular flexibility index (Phi) is 47.1. The SMILES string of the molecule is CCCCCCCCCCCCCCCCC/C=C/C(O)C(CO)NC(=O)CCCCCCCCCCCCCCOC(=O)CCCCCCCCCCCCCC. The van der Waals surface area contributed by atoms with Gasteiger partial charge in [-0.25, -0.2) is 0 Å². The number of hydrogen-bond acceptors (Lipinski definition) is 5. The molecule has 0 bridgehead atoms. The molecule has 0 aromatic carbocycles. The first kappa shape index (κ1) is 56.6. The Morgan fingerprint density at radius 3 is 1.17 bits per heavy atom. The van der Waals surface area contributed by atoms with Gasteiger partial charge in [0.1, 0.15) is 0 Å². The van der Waals surface area contributed by atoms with E-state index in [2.05, 4.69) is 19.2 Å². The van der Waals surface area contributed by atoms with Crippen molar-refractivity contribution in [1.29, 1.82) is 0 Å². The molecule has 0 saturated carbocycles. The highest BCUT2D eigenvalue weighted by atomic mass is 16.5. The lowest BCUT2D eigenvalue weighted by Gasteiger charge is -2.20. The predicted octanol–water partition coefficient (Wildman–Crippen LogP) is 15.3. The molecule has 1 amide bonds. The Labute approximate surface area is 361 Å². The van der Waals surface area contributed by atoms with Gasteiger partial charge < -0.3 is 20.3 Å². The van der Waals surface area contributed by atoms with E-state index in [0.717, 1.165) is 57.8 Å². The van der Waals surface area contributed by atoms with E-state index in [-0.39, 0.29) is 18.5 Å². The van der Waals surface area contributed by atoms with Gasteiger partial charge in [-0.3, -0.25) is 9.59 Å².